The minimum absolute atomic E-state index is 0.495. The van der Waals surface area contributed by atoms with Gasteiger partial charge in [0.1, 0.15) is 0 Å². The van der Waals surface area contributed by atoms with Crippen LogP contribution in [0, 0.1) is 0 Å². The highest BCUT2D eigenvalue weighted by atomic mass is 35.5. The first-order chi connectivity index (χ1) is 8.79. The third-order valence-corrected chi connectivity index (χ3v) is 4.66. The second kappa shape index (κ2) is 7.22. The minimum Gasteiger partial charge on any atom is -0.313 e. The van der Waals surface area contributed by atoms with Gasteiger partial charge in [0, 0.05) is 21.7 Å². The van der Waals surface area contributed by atoms with Gasteiger partial charge in [-0.25, -0.2) is 0 Å². The van der Waals surface area contributed by atoms with E-state index in [4.69, 9.17) is 11.6 Å². The average molecular weight is 282 g/mol. The number of rotatable bonds is 5. The maximum Gasteiger partial charge on any atom is 0.0417 e. The van der Waals surface area contributed by atoms with Crippen LogP contribution in [0.2, 0.25) is 5.02 Å². The van der Waals surface area contributed by atoms with Crippen LogP contribution in [0.4, 0.5) is 0 Å². The molecule has 1 aliphatic rings. The van der Waals surface area contributed by atoms with Crippen molar-refractivity contribution in [3.8, 4) is 0 Å². The Morgan fingerprint density at radius 1 is 1.39 bits per heavy atom. The zero-order chi connectivity index (χ0) is 12.8. The molecular formula is C15H20ClNS. The Labute approximate surface area is 119 Å². The Kier molecular flexibility index (Phi) is 5.61. The first-order valence-corrected chi connectivity index (χ1v) is 7.90. The Hall–Kier alpha value is -0.440. The maximum atomic E-state index is 6.00. The van der Waals surface area contributed by atoms with Crippen LogP contribution in [-0.2, 0) is 0 Å². The summed E-state index contributed by atoms with van der Waals surface area (Å²) in [6.45, 7) is 0. The van der Waals surface area contributed by atoms with Crippen molar-refractivity contribution in [1.82, 2.24) is 5.32 Å². The SMILES string of the molecule is CNC(CSc1cccc(Cl)c1)C1=CCCCC1. The highest BCUT2D eigenvalue weighted by Crippen LogP contribution is 2.26. The van der Waals surface area contributed by atoms with Crippen molar-refractivity contribution in [3.63, 3.8) is 0 Å². The molecule has 1 nitrogen and oxygen atoms in total. The molecule has 0 heterocycles. The van der Waals surface area contributed by atoms with Gasteiger partial charge in [-0.15, -0.1) is 11.8 Å². The van der Waals surface area contributed by atoms with Crippen molar-refractivity contribution >= 4 is 23.4 Å². The zero-order valence-corrected chi connectivity index (χ0v) is 12.4. The van der Waals surface area contributed by atoms with E-state index >= 15 is 0 Å². The van der Waals surface area contributed by atoms with Gasteiger partial charge < -0.3 is 5.32 Å². The van der Waals surface area contributed by atoms with Gasteiger partial charge in [0.2, 0.25) is 0 Å². The lowest BCUT2D eigenvalue weighted by Crippen LogP contribution is -2.30. The molecule has 1 aromatic carbocycles. The van der Waals surface area contributed by atoms with E-state index in [-0.39, 0.29) is 0 Å². The molecule has 0 bridgehead atoms. The smallest absolute Gasteiger partial charge is 0.0417 e. The normalized spacial score (nSPS) is 17.3. The molecule has 0 saturated carbocycles. The van der Waals surface area contributed by atoms with E-state index in [0.29, 0.717) is 6.04 Å². The summed E-state index contributed by atoms with van der Waals surface area (Å²) in [5.74, 6) is 1.07. The second-order valence-electron chi connectivity index (χ2n) is 4.63. The molecule has 0 aliphatic heterocycles. The predicted molar refractivity (Wildman–Crippen MR) is 81.6 cm³/mol. The molecule has 1 atom stereocenters. The monoisotopic (exact) mass is 281 g/mol. The fourth-order valence-corrected chi connectivity index (χ4v) is 3.67. The molecule has 0 amide bonds. The fraction of sp³-hybridized carbons (Fsp3) is 0.467. The number of nitrogens with one attached hydrogen (secondary N) is 1. The third kappa shape index (κ3) is 4.04. The molecule has 1 unspecified atom stereocenters. The van der Waals surface area contributed by atoms with E-state index in [1.54, 1.807) is 5.57 Å². The lowest BCUT2D eigenvalue weighted by Gasteiger charge is -2.22. The molecule has 0 aromatic heterocycles. The number of likely N-dealkylation sites (N-methyl/N-ethyl adjacent to an activating group) is 1. The lowest BCUT2D eigenvalue weighted by molar-refractivity contribution is 0.608. The summed E-state index contributed by atoms with van der Waals surface area (Å²) in [5, 5.41) is 4.25. The van der Waals surface area contributed by atoms with Crippen LogP contribution in [0.3, 0.4) is 0 Å². The van der Waals surface area contributed by atoms with Gasteiger partial charge in [0.25, 0.3) is 0 Å². The summed E-state index contributed by atoms with van der Waals surface area (Å²) in [7, 11) is 2.05. The first-order valence-electron chi connectivity index (χ1n) is 6.54. The molecule has 1 aliphatic carbocycles. The average Bonchev–Trinajstić information content (AvgIpc) is 2.41. The number of hydrogen-bond acceptors (Lipinski definition) is 2. The van der Waals surface area contributed by atoms with Crippen LogP contribution in [0.1, 0.15) is 25.7 Å². The van der Waals surface area contributed by atoms with Gasteiger partial charge in [-0.1, -0.05) is 29.3 Å². The van der Waals surface area contributed by atoms with E-state index in [1.807, 2.05) is 30.0 Å². The Morgan fingerprint density at radius 3 is 2.94 bits per heavy atom. The summed E-state index contributed by atoms with van der Waals surface area (Å²) in [6, 6.07) is 8.59. The fourth-order valence-electron chi connectivity index (χ4n) is 2.29. The second-order valence-corrected chi connectivity index (χ2v) is 6.16. The van der Waals surface area contributed by atoms with Gasteiger partial charge in [0.05, 0.1) is 0 Å². The zero-order valence-electron chi connectivity index (χ0n) is 10.8. The summed E-state index contributed by atoms with van der Waals surface area (Å²) in [5.41, 5.74) is 1.58. The Bertz CT molecular complexity index is 417. The number of benzene rings is 1. The van der Waals surface area contributed by atoms with Crippen LogP contribution >= 0.6 is 23.4 Å². The molecule has 0 fully saturated rings. The van der Waals surface area contributed by atoms with Crippen molar-refractivity contribution in [1.29, 1.82) is 0 Å². The first kappa shape index (κ1) is 14.0. The van der Waals surface area contributed by atoms with Crippen molar-refractivity contribution in [2.75, 3.05) is 12.8 Å². The Balaban J connectivity index is 1.92. The van der Waals surface area contributed by atoms with Crippen LogP contribution in [0.5, 0.6) is 0 Å². The number of allylic oxidation sites excluding steroid dienone is 1. The van der Waals surface area contributed by atoms with Gasteiger partial charge in [-0.05, 0) is 50.9 Å². The number of hydrogen-bond donors (Lipinski definition) is 1. The van der Waals surface area contributed by atoms with E-state index < -0.39 is 0 Å². The molecular weight excluding hydrogens is 262 g/mol. The molecule has 0 saturated heterocycles. The molecule has 0 spiro atoms. The van der Waals surface area contributed by atoms with Crippen molar-refractivity contribution in [2.45, 2.75) is 36.6 Å². The van der Waals surface area contributed by atoms with Crippen molar-refractivity contribution in [3.05, 3.63) is 40.9 Å². The molecule has 3 heteroatoms. The van der Waals surface area contributed by atoms with Gasteiger partial charge >= 0.3 is 0 Å². The summed E-state index contributed by atoms with van der Waals surface area (Å²) < 4.78 is 0. The largest absolute Gasteiger partial charge is 0.313 e. The topological polar surface area (TPSA) is 12.0 Å². The highest BCUT2D eigenvalue weighted by molar-refractivity contribution is 7.99. The summed E-state index contributed by atoms with van der Waals surface area (Å²) >= 11 is 7.88. The van der Waals surface area contributed by atoms with Crippen LogP contribution in [-0.4, -0.2) is 18.8 Å². The van der Waals surface area contributed by atoms with Crippen molar-refractivity contribution in [2.24, 2.45) is 0 Å². The molecule has 0 radical (unpaired) electrons. The quantitative estimate of drug-likeness (QED) is 0.629. The van der Waals surface area contributed by atoms with Crippen molar-refractivity contribution < 1.29 is 0 Å². The Morgan fingerprint density at radius 2 is 2.28 bits per heavy atom. The standard InChI is InChI=1S/C15H20ClNS/c1-17-15(12-6-3-2-4-7-12)11-18-14-9-5-8-13(16)10-14/h5-6,8-10,15,17H,2-4,7,11H2,1H3. The number of thioether (sulfide) groups is 1. The van der Waals surface area contributed by atoms with Crippen LogP contribution in [0.15, 0.2) is 40.8 Å². The predicted octanol–water partition coefficient (Wildman–Crippen LogP) is 4.52. The van der Waals surface area contributed by atoms with E-state index in [9.17, 15) is 0 Å². The number of halogens is 1. The molecule has 18 heavy (non-hydrogen) atoms. The third-order valence-electron chi connectivity index (χ3n) is 3.33. The molecule has 1 aromatic rings. The van der Waals surface area contributed by atoms with E-state index in [0.717, 1.165) is 10.8 Å². The molecule has 1 N–H and O–H groups in total. The molecule has 98 valence electrons. The van der Waals surface area contributed by atoms with Crippen LogP contribution < -0.4 is 5.32 Å². The van der Waals surface area contributed by atoms with Gasteiger partial charge in [-0.3, -0.25) is 0 Å². The maximum absolute atomic E-state index is 6.00. The van der Waals surface area contributed by atoms with Gasteiger partial charge in [-0.2, -0.15) is 0 Å². The summed E-state index contributed by atoms with van der Waals surface area (Å²) in [6.07, 6.45) is 7.60. The minimum atomic E-state index is 0.495. The van der Waals surface area contributed by atoms with E-state index in [2.05, 4.69) is 24.5 Å². The summed E-state index contributed by atoms with van der Waals surface area (Å²) in [4.78, 5) is 1.25. The van der Waals surface area contributed by atoms with Gasteiger partial charge in [0.15, 0.2) is 0 Å². The highest BCUT2D eigenvalue weighted by Gasteiger charge is 2.14. The lowest BCUT2D eigenvalue weighted by atomic mass is 9.95. The van der Waals surface area contributed by atoms with E-state index in [1.165, 1.54) is 30.6 Å². The van der Waals surface area contributed by atoms with Crippen LogP contribution in [0.25, 0.3) is 0 Å². The molecule has 2 rings (SSSR count).